The lowest BCUT2D eigenvalue weighted by Crippen LogP contribution is -2.38. The highest BCUT2D eigenvalue weighted by Gasteiger charge is 2.16. The molecule has 0 radical (unpaired) electrons. The molecular weight excluding hydrogens is 406 g/mol. The summed E-state index contributed by atoms with van der Waals surface area (Å²) in [7, 11) is 1.60. The molecule has 0 saturated carbocycles. The fraction of sp³-hybridized carbons (Fsp3) is 0.318. The van der Waals surface area contributed by atoms with E-state index in [-0.39, 0.29) is 12.5 Å². The van der Waals surface area contributed by atoms with Crippen LogP contribution in [0.15, 0.2) is 59.1 Å². The molecule has 1 amide bonds. The molecule has 8 heteroatoms. The molecule has 1 aromatic heterocycles. The Hall–Kier alpha value is -2.74. The molecule has 2 aromatic carbocycles. The fourth-order valence-electron chi connectivity index (χ4n) is 2.82. The molecule has 0 N–H and O–H groups in total. The molecule has 1 heterocycles. The minimum atomic E-state index is -0.113. The third-order valence-corrected chi connectivity index (χ3v) is 4.64. The fourth-order valence-corrected chi connectivity index (χ4v) is 3.01. The summed E-state index contributed by atoms with van der Waals surface area (Å²) in [6.45, 7) is 1.70. The monoisotopic (exact) mass is 429 g/mol. The standard InChI is InChI=1S/C22H24ClN3O4/c1-28-13-12-26(21(27)16-29-15-17-6-3-2-4-7-17)11-10-20-24-22(25-30-20)18-8-5-9-19(23)14-18/h2-9,14H,10-13,15-16H2,1H3. The predicted molar refractivity (Wildman–Crippen MR) is 113 cm³/mol. The smallest absolute Gasteiger partial charge is 0.248 e. The van der Waals surface area contributed by atoms with E-state index in [0.717, 1.165) is 11.1 Å². The first-order valence-corrected chi connectivity index (χ1v) is 10.0. The Morgan fingerprint density at radius 3 is 2.73 bits per heavy atom. The molecule has 3 aromatic rings. The molecular formula is C22H24ClN3O4. The molecule has 7 nitrogen and oxygen atoms in total. The molecule has 0 unspecified atom stereocenters. The predicted octanol–water partition coefficient (Wildman–Crippen LogP) is 3.62. The first-order chi connectivity index (χ1) is 14.7. The number of carbonyl (C=O) groups is 1. The van der Waals surface area contributed by atoms with Gasteiger partial charge in [-0.05, 0) is 17.7 Å². The number of benzene rings is 2. The van der Waals surface area contributed by atoms with Crippen LogP contribution in [0, 0.1) is 0 Å². The van der Waals surface area contributed by atoms with Crippen LogP contribution in [0.4, 0.5) is 0 Å². The number of hydrogen-bond donors (Lipinski definition) is 0. The molecule has 0 spiro atoms. The van der Waals surface area contributed by atoms with Gasteiger partial charge in [0.05, 0.1) is 13.2 Å². The van der Waals surface area contributed by atoms with Gasteiger partial charge in [-0.2, -0.15) is 4.98 Å². The highest BCUT2D eigenvalue weighted by Crippen LogP contribution is 2.20. The van der Waals surface area contributed by atoms with Crippen molar-refractivity contribution in [3.05, 3.63) is 71.1 Å². The highest BCUT2D eigenvalue weighted by atomic mass is 35.5. The van der Waals surface area contributed by atoms with E-state index in [1.807, 2.05) is 42.5 Å². The molecule has 0 aliphatic carbocycles. The Balaban J connectivity index is 1.53. The largest absolute Gasteiger partial charge is 0.383 e. The first kappa shape index (κ1) is 22.0. The van der Waals surface area contributed by atoms with Crippen LogP contribution in [0.3, 0.4) is 0 Å². The Morgan fingerprint density at radius 1 is 1.13 bits per heavy atom. The van der Waals surface area contributed by atoms with Gasteiger partial charge in [-0.15, -0.1) is 0 Å². The number of amides is 1. The van der Waals surface area contributed by atoms with Crippen LogP contribution in [0.1, 0.15) is 11.5 Å². The van der Waals surface area contributed by atoms with Crippen molar-refractivity contribution in [3.8, 4) is 11.4 Å². The van der Waals surface area contributed by atoms with Crippen molar-refractivity contribution in [1.82, 2.24) is 15.0 Å². The van der Waals surface area contributed by atoms with Crippen LogP contribution < -0.4 is 0 Å². The van der Waals surface area contributed by atoms with E-state index in [4.69, 9.17) is 25.6 Å². The van der Waals surface area contributed by atoms with Crippen LogP contribution in [-0.2, 0) is 27.3 Å². The molecule has 0 atom stereocenters. The number of hydrogen-bond acceptors (Lipinski definition) is 6. The lowest BCUT2D eigenvalue weighted by Gasteiger charge is -2.21. The Labute approximate surface area is 180 Å². The van der Waals surface area contributed by atoms with Gasteiger partial charge >= 0.3 is 0 Å². The number of methoxy groups -OCH3 is 1. The van der Waals surface area contributed by atoms with Crippen LogP contribution in [0.25, 0.3) is 11.4 Å². The Kier molecular flexibility index (Phi) is 8.38. The van der Waals surface area contributed by atoms with Crippen molar-refractivity contribution in [2.75, 3.05) is 33.4 Å². The van der Waals surface area contributed by atoms with E-state index in [2.05, 4.69) is 10.1 Å². The highest BCUT2D eigenvalue weighted by molar-refractivity contribution is 6.30. The molecule has 3 rings (SSSR count). The summed E-state index contributed by atoms with van der Waals surface area (Å²) in [5, 5.41) is 4.60. The topological polar surface area (TPSA) is 77.7 Å². The van der Waals surface area contributed by atoms with Gasteiger partial charge < -0.3 is 18.9 Å². The zero-order valence-electron chi connectivity index (χ0n) is 16.8. The van der Waals surface area contributed by atoms with Gasteiger partial charge in [0.1, 0.15) is 6.61 Å². The average Bonchev–Trinajstić information content (AvgIpc) is 3.23. The molecule has 0 aliphatic heterocycles. The number of rotatable bonds is 11. The summed E-state index contributed by atoms with van der Waals surface area (Å²) in [5.41, 5.74) is 1.80. The third kappa shape index (κ3) is 6.66. The van der Waals surface area contributed by atoms with Gasteiger partial charge in [0.15, 0.2) is 0 Å². The maximum atomic E-state index is 12.6. The molecule has 0 saturated heterocycles. The van der Waals surface area contributed by atoms with Gasteiger partial charge in [-0.1, -0.05) is 59.2 Å². The van der Waals surface area contributed by atoms with Crippen molar-refractivity contribution < 1.29 is 18.8 Å². The number of carbonyl (C=O) groups excluding carboxylic acids is 1. The number of ether oxygens (including phenoxy) is 2. The second-order valence-electron chi connectivity index (χ2n) is 6.62. The van der Waals surface area contributed by atoms with E-state index < -0.39 is 0 Å². The lowest BCUT2D eigenvalue weighted by molar-refractivity contribution is -0.137. The van der Waals surface area contributed by atoms with E-state index in [9.17, 15) is 4.79 Å². The minimum absolute atomic E-state index is 0.00376. The van der Waals surface area contributed by atoms with Crippen LogP contribution >= 0.6 is 11.6 Å². The van der Waals surface area contributed by atoms with Crippen molar-refractivity contribution in [1.29, 1.82) is 0 Å². The van der Waals surface area contributed by atoms with Crippen molar-refractivity contribution >= 4 is 17.5 Å². The Bertz CT molecular complexity index is 933. The maximum Gasteiger partial charge on any atom is 0.248 e. The van der Waals surface area contributed by atoms with Crippen LogP contribution in [-0.4, -0.2) is 54.4 Å². The van der Waals surface area contributed by atoms with Crippen LogP contribution in [0.2, 0.25) is 5.02 Å². The van der Waals surface area contributed by atoms with Gasteiger partial charge in [0, 0.05) is 37.2 Å². The van der Waals surface area contributed by atoms with Gasteiger partial charge in [-0.3, -0.25) is 4.79 Å². The average molecular weight is 430 g/mol. The maximum absolute atomic E-state index is 12.6. The summed E-state index contributed by atoms with van der Waals surface area (Å²) in [4.78, 5) is 18.7. The lowest BCUT2D eigenvalue weighted by atomic mass is 10.2. The van der Waals surface area contributed by atoms with E-state index >= 15 is 0 Å². The summed E-state index contributed by atoms with van der Waals surface area (Å²) in [6.07, 6.45) is 0.432. The molecule has 30 heavy (non-hydrogen) atoms. The molecule has 0 bridgehead atoms. The normalized spacial score (nSPS) is 10.9. The second kappa shape index (κ2) is 11.4. The molecule has 0 fully saturated rings. The van der Waals surface area contributed by atoms with E-state index in [1.54, 1.807) is 24.1 Å². The quantitative estimate of drug-likeness (QED) is 0.463. The third-order valence-electron chi connectivity index (χ3n) is 4.40. The Morgan fingerprint density at radius 2 is 1.97 bits per heavy atom. The zero-order chi connectivity index (χ0) is 21.2. The van der Waals surface area contributed by atoms with E-state index in [0.29, 0.717) is 49.5 Å². The van der Waals surface area contributed by atoms with E-state index in [1.165, 1.54) is 0 Å². The van der Waals surface area contributed by atoms with Gasteiger partial charge in [0.2, 0.25) is 17.6 Å². The van der Waals surface area contributed by atoms with Gasteiger partial charge in [-0.25, -0.2) is 0 Å². The second-order valence-corrected chi connectivity index (χ2v) is 7.06. The van der Waals surface area contributed by atoms with Crippen molar-refractivity contribution in [3.63, 3.8) is 0 Å². The van der Waals surface area contributed by atoms with Crippen LogP contribution in [0.5, 0.6) is 0 Å². The zero-order valence-corrected chi connectivity index (χ0v) is 17.5. The van der Waals surface area contributed by atoms with Crippen molar-refractivity contribution in [2.45, 2.75) is 13.0 Å². The van der Waals surface area contributed by atoms with Crippen molar-refractivity contribution in [2.24, 2.45) is 0 Å². The summed E-state index contributed by atoms with van der Waals surface area (Å²) in [6, 6.07) is 17.0. The summed E-state index contributed by atoms with van der Waals surface area (Å²) < 4.78 is 16.0. The molecule has 158 valence electrons. The first-order valence-electron chi connectivity index (χ1n) is 9.62. The van der Waals surface area contributed by atoms with Gasteiger partial charge in [0.25, 0.3) is 0 Å². The SMILES string of the molecule is COCCN(CCc1nc(-c2cccc(Cl)c2)no1)C(=O)COCc1ccccc1. The number of aromatic nitrogens is 2. The number of nitrogens with zero attached hydrogens (tertiary/aromatic N) is 3. The summed E-state index contributed by atoms with van der Waals surface area (Å²) >= 11 is 6.01. The minimum Gasteiger partial charge on any atom is -0.383 e. The summed E-state index contributed by atoms with van der Waals surface area (Å²) in [5.74, 6) is 0.802. The number of halogens is 1. The molecule has 0 aliphatic rings.